The van der Waals surface area contributed by atoms with E-state index in [-0.39, 0.29) is 24.3 Å². The summed E-state index contributed by atoms with van der Waals surface area (Å²) in [6.07, 6.45) is 0.920. The summed E-state index contributed by atoms with van der Waals surface area (Å²) in [6.45, 7) is 0.0861. The highest BCUT2D eigenvalue weighted by Crippen LogP contribution is 2.11. The predicted octanol–water partition coefficient (Wildman–Crippen LogP) is 1.92. The molecule has 0 unspecified atom stereocenters. The topological polar surface area (TPSA) is 61.0 Å². The van der Waals surface area contributed by atoms with Crippen LogP contribution in [0.4, 0.5) is 14.6 Å². The molecule has 4 nitrogen and oxygen atoms in total. The molecule has 1 aromatic carbocycles. The molecule has 17 heavy (non-hydrogen) atoms. The van der Waals surface area contributed by atoms with Gasteiger partial charge in [-0.3, -0.25) is 0 Å². The molecule has 2 N–H and O–H groups in total. The fraction of sp³-hybridized carbons (Fsp3) is 0.0909. The smallest absolute Gasteiger partial charge is 0.318 e. The predicted molar refractivity (Wildman–Crippen MR) is 57.1 cm³/mol. The summed E-state index contributed by atoms with van der Waals surface area (Å²) in [7, 11) is 0. The summed E-state index contributed by atoms with van der Waals surface area (Å²) in [5.41, 5.74) is 5.87. The van der Waals surface area contributed by atoms with Gasteiger partial charge >= 0.3 is 6.01 Å². The first kappa shape index (κ1) is 11.3. The molecular formula is C11H9F2N3O. The van der Waals surface area contributed by atoms with E-state index in [1.807, 2.05) is 0 Å². The fourth-order valence-corrected chi connectivity index (χ4v) is 1.21. The summed E-state index contributed by atoms with van der Waals surface area (Å²) in [4.78, 5) is 7.18. The Balaban J connectivity index is 2.05. The Bertz CT molecular complexity index is 534. The second-order valence-corrected chi connectivity index (χ2v) is 3.30. The highest BCUT2D eigenvalue weighted by atomic mass is 19.1. The molecule has 2 aromatic rings. The van der Waals surface area contributed by atoms with Crippen LogP contribution in [0.2, 0.25) is 0 Å². The summed E-state index contributed by atoms with van der Waals surface area (Å²) in [6, 6.07) is 5.86. The molecule has 0 amide bonds. The van der Waals surface area contributed by atoms with Crippen molar-refractivity contribution in [3.05, 3.63) is 47.7 Å². The molecular weight excluding hydrogens is 228 g/mol. The SMILES string of the molecule is Nc1nc(OCc2cccc(F)c2)ncc1F. The van der Waals surface area contributed by atoms with Crippen LogP contribution in [-0.2, 0) is 6.61 Å². The lowest BCUT2D eigenvalue weighted by atomic mass is 10.2. The van der Waals surface area contributed by atoms with Crippen LogP contribution in [0.25, 0.3) is 0 Å². The van der Waals surface area contributed by atoms with Crippen LogP contribution in [0.1, 0.15) is 5.56 Å². The van der Waals surface area contributed by atoms with Gasteiger partial charge in [-0.2, -0.15) is 4.98 Å². The van der Waals surface area contributed by atoms with E-state index >= 15 is 0 Å². The summed E-state index contributed by atoms with van der Waals surface area (Å²) in [5.74, 6) is -1.34. The minimum atomic E-state index is -0.705. The maximum Gasteiger partial charge on any atom is 0.318 e. The Morgan fingerprint density at radius 3 is 2.82 bits per heavy atom. The van der Waals surface area contributed by atoms with Crippen LogP contribution in [0.5, 0.6) is 6.01 Å². The largest absolute Gasteiger partial charge is 0.459 e. The molecule has 0 saturated carbocycles. The summed E-state index contributed by atoms with van der Waals surface area (Å²) in [5, 5.41) is 0. The van der Waals surface area contributed by atoms with Gasteiger partial charge in [0.15, 0.2) is 11.6 Å². The number of nitrogen functional groups attached to an aromatic ring is 1. The number of benzene rings is 1. The molecule has 88 valence electrons. The van der Waals surface area contributed by atoms with E-state index in [1.165, 1.54) is 12.1 Å². The highest BCUT2D eigenvalue weighted by molar-refractivity contribution is 5.29. The van der Waals surface area contributed by atoms with Crippen LogP contribution >= 0.6 is 0 Å². The molecule has 0 spiro atoms. The Kier molecular flexibility index (Phi) is 3.13. The van der Waals surface area contributed by atoms with Crippen LogP contribution in [0, 0.1) is 11.6 Å². The Labute approximate surface area is 96.1 Å². The summed E-state index contributed by atoms with van der Waals surface area (Å²) < 4.78 is 30.8. The molecule has 0 fully saturated rings. The van der Waals surface area contributed by atoms with E-state index in [0.29, 0.717) is 5.56 Å². The van der Waals surface area contributed by atoms with Gasteiger partial charge in [-0.05, 0) is 17.7 Å². The lowest BCUT2D eigenvalue weighted by Crippen LogP contribution is -2.03. The first-order valence-corrected chi connectivity index (χ1v) is 4.80. The molecule has 6 heteroatoms. The van der Waals surface area contributed by atoms with Gasteiger partial charge in [0.05, 0.1) is 6.20 Å². The Morgan fingerprint density at radius 1 is 1.29 bits per heavy atom. The van der Waals surface area contributed by atoms with Gasteiger partial charge in [-0.25, -0.2) is 13.8 Å². The standard InChI is InChI=1S/C11H9F2N3O/c12-8-3-1-2-7(4-8)6-17-11-15-5-9(13)10(14)16-11/h1-5H,6H2,(H2,14,15,16). The number of hydrogen-bond acceptors (Lipinski definition) is 4. The zero-order valence-electron chi connectivity index (χ0n) is 8.73. The van der Waals surface area contributed by atoms with E-state index in [2.05, 4.69) is 9.97 Å². The van der Waals surface area contributed by atoms with Crippen molar-refractivity contribution in [3.8, 4) is 6.01 Å². The van der Waals surface area contributed by atoms with Gasteiger partial charge in [-0.1, -0.05) is 12.1 Å². The number of rotatable bonds is 3. The number of halogens is 2. The highest BCUT2D eigenvalue weighted by Gasteiger charge is 2.04. The number of hydrogen-bond donors (Lipinski definition) is 1. The molecule has 0 saturated heterocycles. The van der Waals surface area contributed by atoms with Gasteiger partial charge in [0.1, 0.15) is 12.4 Å². The lowest BCUT2D eigenvalue weighted by molar-refractivity contribution is 0.279. The normalized spacial score (nSPS) is 10.2. The average molecular weight is 237 g/mol. The quantitative estimate of drug-likeness (QED) is 0.885. The maximum absolute atomic E-state index is 12.9. The number of aromatic nitrogens is 2. The fourth-order valence-electron chi connectivity index (χ4n) is 1.21. The third-order valence-electron chi connectivity index (χ3n) is 2.01. The zero-order chi connectivity index (χ0) is 12.3. The van der Waals surface area contributed by atoms with Gasteiger partial charge < -0.3 is 10.5 Å². The zero-order valence-corrected chi connectivity index (χ0v) is 8.73. The molecule has 0 aliphatic heterocycles. The van der Waals surface area contributed by atoms with Crippen molar-refractivity contribution in [3.63, 3.8) is 0 Å². The van der Waals surface area contributed by atoms with Crippen molar-refractivity contribution in [1.29, 1.82) is 0 Å². The second-order valence-electron chi connectivity index (χ2n) is 3.30. The van der Waals surface area contributed by atoms with Gasteiger partial charge in [0, 0.05) is 0 Å². The number of nitrogens with zero attached hydrogens (tertiary/aromatic N) is 2. The lowest BCUT2D eigenvalue weighted by Gasteiger charge is -2.05. The van der Waals surface area contributed by atoms with E-state index < -0.39 is 5.82 Å². The van der Waals surface area contributed by atoms with E-state index in [4.69, 9.17) is 10.5 Å². The molecule has 0 atom stereocenters. The third-order valence-corrected chi connectivity index (χ3v) is 2.01. The van der Waals surface area contributed by atoms with E-state index in [1.54, 1.807) is 12.1 Å². The van der Waals surface area contributed by atoms with Gasteiger partial charge in [-0.15, -0.1) is 0 Å². The van der Waals surface area contributed by atoms with E-state index in [0.717, 1.165) is 6.20 Å². The van der Waals surface area contributed by atoms with Crippen molar-refractivity contribution < 1.29 is 13.5 Å². The first-order valence-electron chi connectivity index (χ1n) is 4.80. The number of nitrogens with two attached hydrogens (primary N) is 1. The Morgan fingerprint density at radius 2 is 2.12 bits per heavy atom. The average Bonchev–Trinajstić information content (AvgIpc) is 2.31. The molecule has 1 heterocycles. The van der Waals surface area contributed by atoms with Crippen molar-refractivity contribution >= 4 is 5.82 Å². The number of ether oxygens (including phenoxy) is 1. The molecule has 0 bridgehead atoms. The van der Waals surface area contributed by atoms with Gasteiger partial charge in [0.25, 0.3) is 0 Å². The van der Waals surface area contributed by atoms with Crippen molar-refractivity contribution in [2.24, 2.45) is 0 Å². The van der Waals surface area contributed by atoms with Crippen molar-refractivity contribution in [2.45, 2.75) is 6.61 Å². The van der Waals surface area contributed by atoms with Crippen LogP contribution in [0.15, 0.2) is 30.5 Å². The molecule has 0 aliphatic carbocycles. The number of anilines is 1. The van der Waals surface area contributed by atoms with Gasteiger partial charge in [0.2, 0.25) is 0 Å². The third kappa shape index (κ3) is 2.87. The second kappa shape index (κ2) is 4.73. The van der Waals surface area contributed by atoms with Crippen LogP contribution in [0.3, 0.4) is 0 Å². The molecule has 1 aromatic heterocycles. The van der Waals surface area contributed by atoms with Crippen molar-refractivity contribution in [2.75, 3.05) is 5.73 Å². The Hall–Kier alpha value is -2.24. The minimum absolute atomic E-state index is 0.0480. The molecule has 0 radical (unpaired) electrons. The maximum atomic E-state index is 12.9. The van der Waals surface area contributed by atoms with Crippen LogP contribution in [-0.4, -0.2) is 9.97 Å². The first-order chi connectivity index (χ1) is 8.15. The van der Waals surface area contributed by atoms with Crippen molar-refractivity contribution in [1.82, 2.24) is 9.97 Å². The minimum Gasteiger partial charge on any atom is -0.459 e. The molecule has 0 aliphatic rings. The van der Waals surface area contributed by atoms with E-state index in [9.17, 15) is 8.78 Å². The summed E-state index contributed by atoms with van der Waals surface area (Å²) >= 11 is 0. The monoisotopic (exact) mass is 237 g/mol. The molecule has 2 rings (SSSR count). The van der Waals surface area contributed by atoms with Crippen LogP contribution < -0.4 is 10.5 Å².